The van der Waals surface area contributed by atoms with Gasteiger partial charge in [-0.1, -0.05) is 29.4 Å². The van der Waals surface area contributed by atoms with Gasteiger partial charge in [0.05, 0.1) is 11.8 Å². The van der Waals surface area contributed by atoms with Crippen LogP contribution in [0.2, 0.25) is 0 Å². The van der Waals surface area contributed by atoms with E-state index in [9.17, 15) is 9.59 Å². The van der Waals surface area contributed by atoms with Gasteiger partial charge >= 0.3 is 0 Å². The van der Waals surface area contributed by atoms with E-state index in [0.717, 1.165) is 0 Å². The molecule has 2 bridgehead atoms. The van der Waals surface area contributed by atoms with E-state index in [1.54, 1.807) is 24.4 Å². The van der Waals surface area contributed by atoms with Crippen molar-refractivity contribution in [2.24, 2.45) is 23.7 Å². The molecule has 2 aliphatic carbocycles. The van der Waals surface area contributed by atoms with Gasteiger partial charge in [0.25, 0.3) is 0 Å². The molecule has 3 aliphatic rings. The Bertz CT molecular complexity index is 667. The second kappa shape index (κ2) is 4.13. The van der Waals surface area contributed by atoms with Crippen molar-refractivity contribution in [3.63, 3.8) is 0 Å². The molecular formula is C17H16N2O2. The molecule has 2 amide bonds. The van der Waals surface area contributed by atoms with Crippen molar-refractivity contribution in [1.82, 2.24) is 4.98 Å². The Hall–Kier alpha value is -2.23. The van der Waals surface area contributed by atoms with E-state index >= 15 is 0 Å². The molecule has 21 heavy (non-hydrogen) atoms. The zero-order valence-corrected chi connectivity index (χ0v) is 12.0. The van der Waals surface area contributed by atoms with Crippen LogP contribution in [-0.2, 0) is 9.59 Å². The molecule has 1 aromatic heterocycles. The third kappa shape index (κ3) is 1.47. The van der Waals surface area contributed by atoms with Crippen LogP contribution in [0.1, 0.15) is 13.8 Å². The molecule has 4 atom stereocenters. The molecule has 4 rings (SSSR count). The van der Waals surface area contributed by atoms with Crippen LogP contribution in [0.3, 0.4) is 0 Å². The number of nitrogens with zero attached hydrogens (tertiary/aromatic N) is 2. The van der Waals surface area contributed by atoms with E-state index in [4.69, 9.17) is 0 Å². The minimum atomic E-state index is -0.237. The maximum Gasteiger partial charge on any atom is 0.239 e. The Morgan fingerprint density at radius 3 is 2.14 bits per heavy atom. The number of carbonyl (C=O) groups excluding carboxylic acids is 2. The lowest BCUT2D eigenvalue weighted by Crippen LogP contribution is -2.33. The number of hydrogen-bond acceptors (Lipinski definition) is 3. The van der Waals surface area contributed by atoms with Gasteiger partial charge in [0.1, 0.15) is 5.82 Å². The zero-order chi connectivity index (χ0) is 14.7. The predicted octanol–water partition coefficient (Wildman–Crippen LogP) is 2.34. The highest BCUT2D eigenvalue weighted by atomic mass is 16.2. The van der Waals surface area contributed by atoms with E-state index in [0.29, 0.717) is 5.82 Å². The van der Waals surface area contributed by atoms with E-state index in [1.165, 1.54) is 16.0 Å². The van der Waals surface area contributed by atoms with Crippen LogP contribution in [-0.4, -0.2) is 16.8 Å². The van der Waals surface area contributed by atoms with Gasteiger partial charge in [-0.15, -0.1) is 0 Å². The van der Waals surface area contributed by atoms with Crippen molar-refractivity contribution in [2.45, 2.75) is 13.8 Å². The number of fused-ring (bicyclic) bond motifs is 5. The molecule has 1 aliphatic heterocycles. The monoisotopic (exact) mass is 280 g/mol. The fourth-order valence-corrected chi connectivity index (χ4v) is 4.14. The first-order valence-corrected chi connectivity index (χ1v) is 7.25. The standard InChI is InChI=1S/C17H16N2O2/c1-9(2)13-10-6-7-11(13)15-14(10)16(20)19(17(15)21)12-5-3-4-8-18-12/h3-8,10-11,14-15H,1-2H3/t10-,11-,14-,15-/m1/s1. The van der Waals surface area contributed by atoms with Crippen LogP contribution in [0.15, 0.2) is 47.7 Å². The normalized spacial score (nSPS) is 33.0. The first-order chi connectivity index (χ1) is 10.1. The molecule has 1 aromatic rings. The average molecular weight is 280 g/mol. The highest BCUT2D eigenvalue weighted by Gasteiger charge is 2.62. The minimum Gasteiger partial charge on any atom is -0.274 e. The molecule has 0 aromatic carbocycles. The number of aromatic nitrogens is 1. The van der Waals surface area contributed by atoms with Crippen LogP contribution in [0.4, 0.5) is 5.82 Å². The van der Waals surface area contributed by atoms with Crippen molar-refractivity contribution < 1.29 is 9.59 Å². The van der Waals surface area contributed by atoms with Crippen LogP contribution >= 0.6 is 0 Å². The molecule has 2 fully saturated rings. The molecule has 0 radical (unpaired) electrons. The maximum absolute atomic E-state index is 12.8. The molecule has 2 heterocycles. The topological polar surface area (TPSA) is 50.3 Å². The summed E-state index contributed by atoms with van der Waals surface area (Å²) >= 11 is 0. The summed E-state index contributed by atoms with van der Waals surface area (Å²) in [7, 11) is 0. The first kappa shape index (κ1) is 12.5. The number of amides is 2. The number of allylic oxidation sites excluding steroid dienone is 4. The smallest absolute Gasteiger partial charge is 0.239 e. The number of hydrogen-bond donors (Lipinski definition) is 0. The lowest BCUT2D eigenvalue weighted by atomic mass is 9.85. The summed E-state index contributed by atoms with van der Waals surface area (Å²) in [5.41, 5.74) is 2.50. The van der Waals surface area contributed by atoms with Gasteiger partial charge in [0.2, 0.25) is 11.8 Å². The highest BCUT2D eigenvalue weighted by Crippen LogP contribution is 2.56. The predicted molar refractivity (Wildman–Crippen MR) is 78.2 cm³/mol. The Morgan fingerprint density at radius 1 is 1.05 bits per heavy atom. The summed E-state index contributed by atoms with van der Waals surface area (Å²) in [4.78, 5) is 31.0. The van der Waals surface area contributed by atoms with Crippen LogP contribution < -0.4 is 4.90 Å². The molecule has 4 nitrogen and oxygen atoms in total. The van der Waals surface area contributed by atoms with Crippen molar-refractivity contribution >= 4 is 17.6 Å². The third-order valence-corrected chi connectivity index (χ3v) is 4.87. The van der Waals surface area contributed by atoms with Crippen molar-refractivity contribution in [2.75, 3.05) is 4.90 Å². The number of rotatable bonds is 1. The molecule has 4 heteroatoms. The summed E-state index contributed by atoms with van der Waals surface area (Å²) in [6.45, 7) is 4.13. The van der Waals surface area contributed by atoms with E-state index in [1.807, 2.05) is 0 Å². The lowest BCUT2D eigenvalue weighted by molar-refractivity contribution is -0.123. The molecule has 0 N–H and O–H groups in total. The Morgan fingerprint density at radius 2 is 1.67 bits per heavy atom. The van der Waals surface area contributed by atoms with E-state index in [2.05, 4.69) is 31.0 Å². The summed E-state index contributed by atoms with van der Waals surface area (Å²) in [5, 5.41) is 0. The van der Waals surface area contributed by atoms with Crippen molar-refractivity contribution in [1.29, 1.82) is 0 Å². The number of carbonyl (C=O) groups is 2. The summed E-state index contributed by atoms with van der Waals surface area (Å²) in [6.07, 6.45) is 5.81. The SMILES string of the molecule is CC(C)=C1[C@H]2C=C[C@H]1[C@H]1C(=O)N(c3ccccn3)C(=O)[C@@H]12. The minimum absolute atomic E-state index is 0.0927. The van der Waals surface area contributed by atoms with E-state index < -0.39 is 0 Å². The fourth-order valence-electron chi connectivity index (χ4n) is 4.14. The zero-order valence-electron chi connectivity index (χ0n) is 12.0. The number of anilines is 1. The van der Waals surface area contributed by atoms with Gasteiger partial charge in [-0.25, -0.2) is 9.88 Å². The van der Waals surface area contributed by atoms with Crippen LogP contribution in [0.5, 0.6) is 0 Å². The fraction of sp³-hybridized carbons (Fsp3) is 0.353. The second-order valence-electron chi connectivity index (χ2n) is 6.14. The van der Waals surface area contributed by atoms with E-state index in [-0.39, 0.29) is 35.5 Å². The molecule has 0 unspecified atom stereocenters. The van der Waals surface area contributed by atoms with Gasteiger partial charge in [-0.05, 0) is 26.0 Å². The van der Waals surface area contributed by atoms with Gasteiger partial charge in [-0.2, -0.15) is 0 Å². The van der Waals surface area contributed by atoms with Crippen molar-refractivity contribution in [3.8, 4) is 0 Å². The quantitative estimate of drug-likeness (QED) is 0.586. The lowest BCUT2D eigenvalue weighted by Gasteiger charge is -2.18. The Balaban J connectivity index is 1.79. The second-order valence-corrected chi connectivity index (χ2v) is 6.14. The average Bonchev–Trinajstić information content (AvgIpc) is 3.10. The molecule has 1 saturated heterocycles. The summed E-state index contributed by atoms with van der Waals surface area (Å²) in [5.74, 6) is -0.0391. The largest absolute Gasteiger partial charge is 0.274 e. The van der Waals surface area contributed by atoms with Crippen LogP contribution in [0.25, 0.3) is 0 Å². The Kier molecular flexibility index (Phi) is 2.46. The maximum atomic E-state index is 12.8. The summed E-state index contributed by atoms with van der Waals surface area (Å²) in [6, 6.07) is 5.29. The molecule has 0 spiro atoms. The number of imide groups is 1. The molecule has 1 saturated carbocycles. The Labute approximate surface area is 123 Å². The summed E-state index contributed by atoms with van der Waals surface area (Å²) < 4.78 is 0. The molecule has 106 valence electrons. The number of pyridine rings is 1. The van der Waals surface area contributed by atoms with Gasteiger partial charge in [-0.3, -0.25) is 9.59 Å². The molecular weight excluding hydrogens is 264 g/mol. The highest BCUT2D eigenvalue weighted by molar-refractivity contribution is 6.22. The first-order valence-electron chi connectivity index (χ1n) is 7.25. The van der Waals surface area contributed by atoms with Gasteiger partial charge < -0.3 is 0 Å². The van der Waals surface area contributed by atoms with Crippen LogP contribution in [0, 0.1) is 23.7 Å². The van der Waals surface area contributed by atoms with Gasteiger partial charge in [0.15, 0.2) is 0 Å². The third-order valence-electron chi connectivity index (χ3n) is 4.87. The van der Waals surface area contributed by atoms with Gasteiger partial charge in [0, 0.05) is 18.0 Å². The van der Waals surface area contributed by atoms with Crippen molar-refractivity contribution in [3.05, 3.63) is 47.7 Å².